The maximum Gasteiger partial charge on any atom is 0.191 e. The summed E-state index contributed by atoms with van der Waals surface area (Å²) in [7, 11) is 1.97. The molecule has 0 N–H and O–H groups in total. The van der Waals surface area contributed by atoms with Gasteiger partial charge in [-0.3, -0.25) is 0 Å². The lowest BCUT2D eigenvalue weighted by Crippen LogP contribution is -2.04. The average Bonchev–Trinajstić information content (AvgIpc) is 2.93. The van der Waals surface area contributed by atoms with Crippen molar-refractivity contribution in [2.45, 2.75) is 17.5 Å². The monoisotopic (exact) mass is 389 g/mol. The van der Waals surface area contributed by atoms with Crippen molar-refractivity contribution in [3.63, 3.8) is 0 Å². The van der Waals surface area contributed by atoms with Crippen molar-refractivity contribution in [3.05, 3.63) is 70.5 Å². The SMILES string of the molecule is Cn1c(COc2ccc(Br)cc2)nnc1SCc1ccccc1. The predicted molar refractivity (Wildman–Crippen MR) is 95.5 cm³/mol. The van der Waals surface area contributed by atoms with Crippen LogP contribution in [0, 0.1) is 0 Å². The van der Waals surface area contributed by atoms with E-state index in [4.69, 9.17) is 4.74 Å². The van der Waals surface area contributed by atoms with Crippen LogP contribution < -0.4 is 4.74 Å². The number of rotatable bonds is 6. The first-order chi connectivity index (χ1) is 11.2. The summed E-state index contributed by atoms with van der Waals surface area (Å²) in [6.45, 7) is 0.400. The van der Waals surface area contributed by atoms with E-state index >= 15 is 0 Å². The van der Waals surface area contributed by atoms with Crippen LogP contribution in [-0.2, 0) is 19.4 Å². The molecule has 0 unspecified atom stereocenters. The van der Waals surface area contributed by atoms with Gasteiger partial charge in [-0.1, -0.05) is 58.0 Å². The molecule has 118 valence electrons. The highest BCUT2D eigenvalue weighted by molar-refractivity contribution is 9.10. The highest BCUT2D eigenvalue weighted by Gasteiger charge is 2.10. The fourth-order valence-corrected chi connectivity index (χ4v) is 3.15. The van der Waals surface area contributed by atoms with Gasteiger partial charge in [0.1, 0.15) is 12.4 Å². The molecule has 1 heterocycles. The van der Waals surface area contributed by atoms with Gasteiger partial charge < -0.3 is 9.30 Å². The molecule has 0 radical (unpaired) electrons. The topological polar surface area (TPSA) is 39.9 Å². The summed E-state index contributed by atoms with van der Waals surface area (Å²) in [5.74, 6) is 2.50. The zero-order chi connectivity index (χ0) is 16.1. The van der Waals surface area contributed by atoms with E-state index in [-0.39, 0.29) is 0 Å². The number of nitrogens with zero attached hydrogens (tertiary/aromatic N) is 3. The standard InChI is InChI=1S/C17H16BrN3OS/c1-21-16(11-22-15-9-7-14(18)8-10-15)19-20-17(21)23-12-13-5-3-2-4-6-13/h2-10H,11-12H2,1H3. The second-order valence-corrected chi connectivity index (χ2v) is 6.83. The van der Waals surface area contributed by atoms with Crippen molar-refractivity contribution < 1.29 is 4.74 Å². The molecule has 23 heavy (non-hydrogen) atoms. The summed E-state index contributed by atoms with van der Waals surface area (Å²) in [5, 5.41) is 9.36. The van der Waals surface area contributed by atoms with Crippen molar-refractivity contribution in [2.75, 3.05) is 0 Å². The fraction of sp³-hybridized carbons (Fsp3) is 0.176. The van der Waals surface area contributed by atoms with Gasteiger partial charge in [-0.2, -0.15) is 0 Å². The van der Waals surface area contributed by atoms with E-state index in [0.717, 1.165) is 27.0 Å². The average molecular weight is 390 g/mol. The molecule has 2 aromatic carbocycles. The van der Waals surface area contributed by atoms with Gasteiger partial charge in [-0.15, -0.1) is 10.2 Å². The van der Waals surface area contributed by atoms with Crippen LogP contribution >= 0.6 is 27.7 Å². The van der Waals surface area contributed by atoms with Gasteiger partial charge >= 0.3 is 0 Å². The van der Waals surface area contributed by atoms with Crippen LogP contribution in [0.3, 0.4) is 0 Å². The number of ether oxygens (including phenoxy) is 1. The van der Waals surface area contributed by atoms with Gasteiger partial charge in [0.05, 0.1) is 0 Å². The van der Waals surface area contributed by atoms with Gasteiger partial charge in [0, 0.05) is 17.3 Å². The second kappa shape index (κ2) is 7.66. The van der Waals surface area contributed by atoms with Crippen molar-refractivity contribution in [1.82, 2.24) is 14.8 Å². The summed E-state index contributed by atoms with van der Waals surface area (Å²) in [4.78, 5) is 0. The van der Waals surface area contributed by atoms with Crippen LogP contribution in [0.25, 0.3) is 0 Å². The Balaban J connectivity index is 1.59. The fourth-order valence-electron chi connectivity index (χ4n) is 2.00. The lowest BCUT2D eigenvalue weighted by Gasteiger charge is -2.06. The van der Waals surface area contributed by atoms with Gasteiger partial charge in [-0.05, 0) is 29.8 Å². The van der Waals surface area contributed by atoms with E-state index < -0.39 is 0 Å². The minimum atomic E-state index is 0.400. The highest BCUT2D eigenvalue weighted by atomic mass is 79.9. The normalized spacial score (nSPS) is 10.7. The molecule has 0 fully saturated rings. The van der Waals surface area contributed by atoms with Crippen LogP contribution in [0.2, 0.25) is 0 Å². The van der Waals surface area contributed by atoms with Gasteiger partial charge in [0.15, 0.2) is 11.0 Å². The zero-order valence-electron chi connectivity index (χ0n) is 12.6. The van der Waals surface area contributed by atoms with Crippen LogP contribution in [0.15, 0.2) is 64.2 Å². The first-order valence-electron chi connectivity index (χ1n) is 7.16. The van der Waals surface area contributed by atoms with Gasteiger partial charge in [0.2, 0.25) is 0 Å². The molecular weight excluding hydrogens is 374 g/mol. The summed E-state index contributed by atoms with van der Waals surface area (Å²) < 4.78 is 8.76. The van der Waals surface area contributed by atoms with E-state index in [2.05, 4.69) is 38.3 Å². The van der Waals surface area contributed by atoms with Gasteiger partial charge in [0.25, 0.3) is 0 Å². The number of thioether (sulfide) groups is 1. The van der Waals surface area contributed by atoms with Crippen LogP contribution in [0.1, 0.15) is 11.4 Å². The van der Waals surface area contributed by atoms with Gasteiger partial charge in [-0.25, -0.2) is 0 Å². The summed E-state index contributed by atoms with van der Waals surface area (Å²) in [6, 6.07) is 18.1. The molecule has 0 amide bonds. The molecule has 3 rings (SSSR count). The lowest BCUT2D eigenvalue weighted by molar-refractivity contribution is 0.290. The Morgan fingerprint density at radius 1 is 1.04 bits per heavy atom. The second-order valence-electron chi connectivity index (χ2n) is 4.97. The van der Waals surface area contributed by atoms with Crippen LogP contribution in [0.4, 0.5) is 0 Å². The Hall–Kier alpha value is -1.79. The molecule has 6 heteroatoms. The summed E-state index contributed by atoms with van der Waals surface area (Å²) in [6.07, 6.45) is 0. The lowest BCUT2D eigenvalue weighted by atomic mass is 10.2. The van der Waals surface area contributed by atoms with Crippen molar-refractivity contribution in [1.29, 1.82) is 0 Å². The first kappa shape index (κ1) is 16.1. The zero-order valence-corrected chi connectivity index (χ0v) is 15.0. The third kappa shape index (κ3) is 4.36. The largest absolute Gasteiger partial charge is 0.486 e. The Morgan fingerprint density at radius 3 is 2.52 bits per heavy atom. The number of aromatic nitrogens is 3. The molecule has 0 aliphatic heterocycles. The minimum absolute atomic E-state index is 0.400. The third-order valence-corrected chi connectivity index (χ3v) is 4.94. The van der Waals surface area contributed by atoms with Crippen molar-refractivity contribution in [3.8, 4) is 5.75 Å². The molecule has 1 aromatic heterocycles. The minimum Gasteiger partial charge on any atom is -0.486 e. The molecule has 4 nitrogen and oxygen atoms in total. The molecule has 0 spiro atoms. The molecule has 0 saturated heterocycles. The molecule has 0 aliphatic rings. The molecule has 0 aliphatic carbocycles. The Labute approximate surface area is 148 Å². The van der Waals surface area contributed by atoms with E-state index in [1.165, 1.54) is 5.56 Å². The van der Waals surface area contributed by atoms with E-state index in [0.29, 0.717) is 6.61 Å². The highest BCUT2D eigenvalue weighted by Crippen LogP contribution is 2.22. The maximum absolute atomic E-state index is 5.75. The summed E-state index contributed by atoms with van der Waals surface area (Å²) in [5.41, 5.74) is 1.27. The van der Waals surface area contributed by atoms with Crippen LogP contribution in [0.5, 0.6) is 5.75 Å². The molecule has 0 bridgehead atoms. The molecular formula is C17H16BrN3OS. The van der Waals surface area contributed by atoms with Crippen LogP contribution in [-0.4, -0.2) is 14.8 Å². The quantitative estimate of drug-likeness (QED) is 0.583. The Bertz CT molecular complexity index is 759. The number of benzene rings is 2. The summed E-state index contributed by atoms with van der Waals surface area (Å²) >= 11 is 5.08. The smallest absolute Gasteiger partial charge is 0.191 e. The predicted octanol–water partition coefficient (Wildman–Crippen LogP) is 4.45. The molecule has 0 saturated carbocycles. The number of hydrogen-bond acceptors (Lipinski definition) is 4. The first-order valence-corrected chi connectivity index (χ1v) is 8.93. The van der Waals surface area contributed by atoms with Crippen molar-refractivity contribution >= 4 is 27.7 Å². The molecule has 0 atom stereocenters. The van der Waals surface area contributed by atoms with Crippen molar-refractivity contribution in [2.24, 2.45) is 7.05 Å². The number of halogens is 1. The van der Waals surface area contributed by atoms with E-state index in [1.807, 2.05) is 54.1 Å². The van der Waals surface area contributed by atoms with E-state index in [1.54, 1.807) is 11.8 Å². The Kier molecular flexibility index (Phi) is 5.35. The Morgan fingerprint density at radius 2 is 1.78 bits per heavy atom. The third-order valence-electron chi connectivity index (χ3n) is 3.32. The molecule has 3 aromatic rings. The number of hydrogen-bond donors (Lipinski definition) is 0. The van der Waals surface area contributed by atoms with E-state index in [9.17, 15) is 0 Å². The maximum atomic E-state index is 5.75.